The summed E-state index contributed by atoms with van der Waals surface area (Å²) in [5, 5.41) is 43.1. The molecule has 17 heterocycles. The number of halogens is 4. The third kappa shape index (κ3) is 33.0. The Bertz CT molecular complexity index is 6110. The van der Waals surface area contributed by atoms with Crippen molar-refractivity contribution in [1.29, 1.82) is 0 Å². The number of hydrogen-bond acceptors (Lipinski definition) is 34. The van der Waals surface area contributed by atoms with Gasteiger partial charge in [0.1, 0.15) is 44.2 Å². The van der Waals surface area contributed by atoms with Crippen LogP contribution >= 0.6 is 63.7 Å². The first kappa shape index (κ1) is 125. The summed E-state index contributed by atoms with van der Waals surface area (Å²) in [6, 6.07) is 20.6. The number of aliphatic hydroxyl groups is 2. The summed E-state index contributed by atoms with van der Waals surface area (Å²) in [4.78, 5) is 25.1. The van der Waals surface area contributed by atoms with E-state index in [9.17, 15) is 5.11 Å². The minimum atomic E-state index is -0.750. The maximum Gasteiger partial charge on any atom is 0.490 e. The van der Waals surface area contributed by atoms with Gasteiger partial charge in [0.05, 0.1) is 146 Å². The summed E-state index contributed by atoms with van der Waals surface area (Å²) in [5.74, 6) is 4.92. The van der Waals surface area contributed by atoms with E-state index in [1.54, 1.807) is 12.4 Å². The minimum absolute atomic E-state index is 0. The van der Waals surface area contributed by atoms with Crippen LogP contribution in [0.25, 0.3) is 38.7 Å². The largest absolute Gasteiger partial charge is 0.490 e. The standard InChI is InChI=1S/C15H18BrN3O2.C15H19N3O2.C15H17N3O2.C14H23BO4.C13H16BrN3O.2C7H6BrN3.CH4O.3CH4.CH3.5O2S.Pd/c1-10-17-9-14-12(16)8-13(19(14)18-10)11-2-4-15(5-3-11)20-6-7-21-15;2*1-11-16-10-13-2-3-14(18(13)17-11)12-4-6-15(7-5-12)19-8-9-20-15;1-12(2)13(3,4)19-15(18-12)11-5-7-14(8-6-11)16-9-10-17-14;1-8-15-7-13-11(14)6-12(17(13)16-8)9-2-4-10(18)5-3-9;2*1-5-9-4-6-2-3-7(8)11(6)10-5;1-2;;;;;5*1-3-2;/h8-9,11H,2-7H2,1H3;2-3,10,12H,4-9H2,1H3;2-4,10H,5-9H2,1H3;5H,6-10H2,1-4H3;6-7,9-10,18H,2-5H2,1H3;2*2-4H,1H3;2H,1H3;3*1H4;1H3;;;;;;/q;;;;;;;;;;;-1;;;;;;. The summed E-state index contributed by atoms with van der Waals surface area (Å²) < 4.78 is 157. The quantitative estimate of drug-likeness (QED) is 0.119. The van der Waals surface area contributed by atoms with Gasteiger partial charge in [-0.25, -0.2) is 57.0 Å². The van der Waals surface area contributed by atoms with Crippen molar-refractivity contribution < 1.29 is 120 Å². The monoisotopic (exact) mass is 2410 g/mol. The Morgan fingerprint density at radius 3 is 1.02 bits per heavy atom. The molecular formula is C91H124BBr4N18O22PdS5-. The van der Waals surface area contributed by atoms with Crippen LogP contribution in [0, 0.1) is 49.0 Å². The molecule has 40 nitrogen and oxygen atoms in total. The average molecular weight is 2420 g/mol. The molecule has 0 amide bonds. The Kier molecular flexibility index (Phi) is 52.3. The van der Waals surface area contributed by atoms with E-state index in [1.165, 1.54) is 28.1 Å². The normalized spacial score (nSPS) is 19.4. The van der Waals surface area contributed by atoms with Crippen LogP contribution in [0.4, 0.5) is 0 Å². The molecule has 142 heavy (non-hydrogen) atoms. The van der Waals surface area contributed by atoms with E-state index in [2.05, 4.69) is 200 Å². The van der Waals surface area contributed by atoms with Crippen molar-refractivity contribution in [3.63, 3.8) is 0 Å². The van der Waals surface area contributed by atoms with Crippen LogP contribution in [0.2, 0.25) is 0 Å². The van der Waals surface area contributed by atoms with Crippen molar-refractivity contribution in [3.8, 4) is 0 Å². The Labute approximate surface area is 891 Å². The number of aryl methyl sites for hydroxylation is 6. The number of fused-ring (bicyclic) bond motifs is 6. The molecule has 22 rings (SSSR count). The van der Waals surface area contributed by atoms with Gasteiger partial charge in [-0.15, -0.1) is 0 Å². The second-order valence-corrected chi connectivity index (χ2v) is 37.7. The molecular weight excluding hydrogens is 2290 g/mol. The molecule has 10 aliphatic rings. The zero-order valence-corrected chi connectivity index (χ0v) is 90.6. The van der Waals surface area contributed by atoms with E-state index in [-0.39, 0.29) is 97.7 Å². The fourth-order valence-electron chi connectivity index (χ4n) is 17.4. The van der Waals surface area contributed by atoms with Crippen molar-refractivity contribution in [1.82, 2.24) is 87.6 Å². The Hall–Kier alpha value is -7.53. The molecule has 3 saturated carbocycles. The van der Waals surface area contributed by atoms with Crippen molar-refractivity contribution in [3.05, 3.63) is 199 Å². The van der Waals surface area contributed by atoms with Gasteiger partial charge in [-0.1, -0.05) is 34.4 Å². The van der Waals surface area contributed by atoms with Gasteiger partial charge in [-0.3, -0.25) is 0 Å². The van der Waals surface area contributed by atoms with Crippen molar-refractivity contribution in [2.24, 2.45) is 0 Å². The fraction of sp³-hybridized carbons (Fsp3) is 0.549. The van der Waals surface area contributed by atoms with Gasteiger partial charge in [-0.05, 0) is 269 Å². The minimum Gasteiger partial charge on any atom is -0.400 e. The molecule has 51 heteroatoms. The van der Waals surface area contributed by atoms with Gasteiger partial charge >= 0.3 is 65.0 Å². The van der Waals surface area contributed by atoms with E-state index in [1.807, 2.05) is 118 Å². The van der Waals surface area contributed by atoms with Crippen molar-refractivity contribution >= 4 is 167 Å². The van der Waals surface area contributed by atoms with Crippen LogP contribution in [0.1, 0.15) is 241 Å². The molecule has 0 bridgehead atoms. The van der Waals surface area contributed by atoms with E-state index in [4.69, 9.17) is 94.4 Å². The summed E-state index contributed by atoms with van der Waals surface area (Å²) >= 11 is 10.2. The van der Waals surface area contributed by atoms with Crippen LogP contribution in [0.3, 0.4) is 0 Å². The van der Waals surface area contributed by atoms with E-state index in [0.717, 1.165) is 241 Å². The zero-order chi connectivity index (χ0) is 99.3. The number of nitrogens with zero attached hydrogens (tertiary/aromatic N) is 18. The van der Waals surface area contributed by atoms with Crippen LogP contribution in [-0.4, -0.2) is 247 Å². The molecule has 5 aliphatic heterocycles. The third-order valence-corrected chi connectivity index (χ3v) is 27.2. The number of aromatic nitrogens is 18. The molecule has 0 aromatic carbocycles. The van der Waals surface area contributed by atoms with Gasteiger partial charge < -0.3 is 64.8 Å². The molecule has 4 spiro atoms. The summed E-state index contributed by atoms with van der Waals surface area (Å²) in [7, 11) is 0.781. The number of hydrogen-bond donors (Lipinski definition) is 2. The molecule has 5 saturated heterocycles. The van der Waals surface area contributed by atoms with Crippen molar-refractivity contribution in [2.45, 2.75) is 265 Å². The topological polar surface area (TPSA) is 485 Å². The summed E-state index contributed by atoms with van der Waals surface area (Å²) in [6.45, 7) is 25.5. The molecule has 0 unspecified atom stereocenters. The average Bonchev–Trinajstić information content (AvgIpc) is 1.56. The zero-order valence-electron chi connectivity index (χ0n) is 78.6. The van der Waals surface area contributed by atoms with E-state index in [0.29, 0.717) is 44.2 Å². The van der Waals surface area contributed by atoms with E-state index >= 15 is 0 Å². The molecule has 0 atom stereocenters. The number of allylic oxidation sites excluding steroid dienone is 2. The van der Waals surface area contributed by atoms with Gasteiger partial charge in [0.25, 0.3) is 0 Å². The second-order valence-electron chi connectivity index (χ2n) is 33.7. The Balaban J connectivity index is 0.000000285. The SMILES string of the molecule is C.C.C.CC1(C)OB(C2=CCC3(CC2)OCCO3)OC1(C)C.CO.Cc1ncc2c(Br)cc(C3CCC(O)CC3)n2n1.Cc1ncc2c(Br)cc(C3CCC4(CC3)OCCO4)n2n1.Cc1ncc2ccc(Br)n2n1.Cc1ncc2ccc(Br)n2n1.Cc1ncc2ccc(C3=CCC4(CC3)OCCO4)n2n1.Cc1ncc2ccc(C3CCC4(CC3)OCCO4)n2n1.O=S=O.O=S=O.O=S=O.O=S=O.O=S=O.[CH3-].[Pd]. The molecule has 5 aliphatic carbocycles. The van der Waals surface area contributed by atoms with Gasteiger partial charge in [0.15, 0.2) is 23.1 Å². The smallest absolute Gasteiger partial charge is 0.400 e. The molecule has 8 fully saturated rings. The third-order valence-electron chi connectivity index (χ3n) is 24.7. The summed E-state index contributed by atoms with van der Waals surface area (Å²) in [6.07, 6.45) is 32.7. The fourth-order valence-corrected chi connectivity index (χ4v) is 19.2. The predicted octanol–water partition coefficient (Wildman–Crippen LogP) is 15.5. The van der Waals surface area contributed by atoms with Gasteiger partial charge in [-0.2, -0.15) is 72.7 Å². The van der Waals surface area contributed by atoms with Crippen LogP contribution in [0.5, 0.6) is 0 Å². The molecule has 0 radical (unpaired) electrons. The Morgan fingerprint density at radius 1 is 0.366 bits per heavy atom. The second kappa shape index (κ2) is 59.5. The van der Waals surface area contributed by atoms with Crippen LogP contribution in [-0.2, 0) is 125 Å². The summed E-state index contributed by atoms with van der Waals surface area (Å²) in [5.41, 5.74) is 13.1. The van der Waals surface area contributed by atoms with Crippen LogP contribution < -0.4 is 0 Å². The van der Waals surface area contributed by atoms with Crippen molar-refractivity contribution in [2.75, 3.05) is 60.0 Å². The predicted molar refractivity (Wildman–Crippen MR) is 545 cm³/mol. The van der Waals surface area contributed by atoms with Gasteiger partial charge in [0, 0.05) is 123 Å². The number of ether oxygens (including phenoxy) is 8. The molecule has 12 aromatic heterocycles. The first-order valence-electron chi connectivity index (χ1n) is 43.9. The first-order valence-corrected chi connectivity index (χ1v) is 50.5. The first-order chi connectivity index (χ1) is 65.8. The molecule has 12 aromatic rings. The molecule has 2 N–H and O–H groups in total. The Morgan fingerprint density at radius 2 is 0.662 bits per heavy atom. The van der Waals surface area contributed by atoms with Gasteiger partial charge in [0.2, 0.25) is 0 Å². The molecule has 782 valence electrons. The maximum atomic E-state index is 9.59. The van der Waals surface area contributed by atoms with Crippen LogP contribution in [0.15, 0.2) is 134 Å². The van der Waals surface area contributed by atoms with E-state index < -0.39 is 57.9 Å². The maximum absolute atomic E-state index is 9.59. The number of rotatable bonds is 5. The number of aliphatic hydroxyl groups excluding tert-OH is 2.